The van der Waals surface area contributed by atoms with E-state index in [1.54, 1.807) is 23.5 Å². The summed E-state index contributed by atoms with van der Waals surface area (Å²) >= 11 is 4.92. The van der Waals surface area contributed by atoms with Crippen LogP contribution in [0.3, 0.4) is 0 Å². The van der Waals surface area contributed by atoms with Gasteiger partial charge in [0.25, 0.3) is 0 Å². The molecule has 0 amide bonds. The summed E-state index contributed by atoms with van der Waals surface area (Å²) in [6.45, 7) is 0. The summed E-state index contributed by atoms with van der Waals surface area (Å²) in [7, 11) is 0. The Balaban J connectivity index is 1.95. The highest BCUT2D eigenvalue weighted by atomic mass is 79.9. The fraction of sp³-hybridized carbons (Fsp3) is 0.400. The Morgan fingerprint density at radius 2 is 2.00 bits per heavy atom. The molecule has 0 bridgehead atoms. The Bertz CT molecular complexity index is 620. The van der Waals surface area contributed by atoms with Crippen LogP contribution < -0.4 is 5.73 Å². The molecule has 1 aromatic carbocycles. The molecule has 1 heterocycles. The molecule has 1 aromatic heterocycles. The van der Waals surface area contributed by atoms with Gasteiger partial charge in [0, 0.05) is 15.4 Å². The van der Waals surface area contributed by atoms with Crippen molar-refractivity contribution in [3.8, 4) is 11.3 Å². The summed E-state index contributed by atoms with van der Waals surface area (Å²) in [5.41, 5.74) is 7.38. The van der Waals surface area contributed by atoms with Crippen LogP contribution in [-0.2, 0) is 5.54 Å². The summed E-state index contributed by atoms with van der Waals surface area (Å²) in [4.78, 5) is 4.61. The second-order valence-electron chi connectivity index (χ2n) is 5.38. The van der Waals surface area contributed by atoms with E-state index in [0.717, 1.165) is 35.2 Å². The van der Waals surface area contributed by atoms with E-state index in [0.29, 0.717) is 11.3 Å². The number of rotatable bonds is 2. The van der Waals surface area contributed by atoms with Gasteiger partial charge in [0.2, 0.25) is 0 Å². The van der Waals surface area contributed by atoms with E-state index in [1.807, 2.05) is 5.38 Å². The summed E-state index contributed by atoms with van der Waals surface area (Å²) < 4.78 is 14.8. The molecule has 0 unspecified atom stereocenters. The maximum absolute atomic E-state index is 13.9. The Hall–Kier alpha value is -0.780. The standard InChI is InChI=1S/C15H16BrFN2S/c16-10-4-5-12(17)11(8-10)13-9-20-14(19-13)15(18)6-2-1-3-7-15/h4-5,8-9H,1-3,6-7,18H2. The topological polar surface area (TPSA) is 38.9 Å². The normalized spacial score (nSPS) is 18.1. The van der Waals surface area contributed by atoms with Crippen molar-refractivity contribution in [2.45, 2.75) is 37.6 Å². The van der Waals surface area contributed by atoms with Gasteiger partial charge in [-0.2, -0.15) is 0 Å². The first-order chi connectivity index (χ1) is 9.58. The molecule has 1 saturated carbocycles. The van der Waals surface area contributed by atoms with Crippen molar-refractivity contribution in [1.82, 2.24) is 4.98 Å². The van der Waals surface area contributed by atoms with Gasteiger partial charge in [-0.3, -0.25) is 0 Å². The van der Waals surface area contributed by atoms with Gasteiger partial charge in [0.15, 0.2) is 0 Å². The first kappa shape index (κ1) is 14.2. The average molecular weight is 355 g/mol. The van der Waals surface area contributed by atoms with Gasteiger partial charge in [-0.25, -0.2) is 9.37 Å². The molecule has 0 saturated heterocycles. The lowest BCUT2D eigenvalue weighted by atomic mass is 9.83. The highest BCUT2D eigenvalue weighted by Crippen LogP contribution is 2.38. The second kappa shape index (κ2) is 5.54. The third kappa shape index (κ3) is 2.67. The average Bonchev–Trinajstić information content (AvgIpc) is 2.93. The molecular formula is C15H16BrFN2S. The van der Waals surface area contributed by atoms with Crippen molar-refractivity contribution in [3.63, 3.8) is 0 Å². The molecule has 2 nitrogen and oxygen atoms in total. The third-order valence-corrected chi connectivity index (χ3v) is 5.44. The number of hydrogen-bond donors (Lipinski definition) is 1. The second-order valence-corrected chi connectivity index (χ2v) is 7.15. The number of halogens is 2. The summed E-state index contributed by atoms with van der Waals surface area (Å²) in [6.07, 6.45) is 5.49. The zero-order valence-electron chi connectivity index (χ0n) is 11.0. The van der Waals surface area contributed by atoms with Gasteiger partial charge in [-0.15, -0.1) is 11.3 Å². The highest BCUT2D eigenvalue weighted by Gasteiger charge is 2.32. The van der Waals surface area contributed by atoms with Crippen LogP contribution in [0.25, 0.3) is 11.3 Å². The van der Waals surface area contributed by atoms with Crippen LogP contribution in [0.5, 0.6) is 0 Å². The van der Waals surface area contributed by atoms with Crippen molar-refractivity contribution in [1.29, 1.82) is 0 Å². The Morgan fingerprint density at radius 3 is 2.75 bits per heavy atom. The van der Waals surface area contributed by atoms with Gasteiger partial charge < -0.3 is 5.73 Å². The van der Waals surface area contributed by atoms with E-state index >= 15 is 0 Å². The molecule has 0 spiro atoms. The minimum absolute atomic E-state index is 0.250. The Labute approximate surface area is 130 Å². The number of thiazole rings is 1. The lowest BCUT2D eigenvalue weighted by Gasteiger charge is -2.31. The summed E-state index contributed by atoms with van der Waals surface area (Å²) in [5.74, 6) is -0.250. The van der Waals surface area contributed by atoms with E-state index in [1.165, 1.54) is 12.5 Å². The molecule has 0 radical (unpaired) electrons. The van der Waals surface area contributed by atoms with Crippen LogP contribution in [0.4, 0.5) is 4.39 Å². The fourth-order valence-electron chi connectivity index (χ4n) is 2.72. The van der Waals surface area contributed by atoms with E-state index < -0.39 is 0 Å². The number of nitrogens with two attached hydrogens (primary N) is 1. The molecule has 1 aliphatic rings. The molecule has 3 rings (SSSR count). The van der Waals surface area contributed by atoms with E-state index in [4.69, 9.17) is 5.73 Å². The Morgan fingerprint density at radius 1 is 1.25 bits per heavy atom. The van der Waals surface area contributed by atoms with Gasteiger partial charge in [-0.05, 0) is 31.0 Å². The zero-order valence-corrected chi connectivity index (χ0v) is 13.4. The molecule has 20 heavy (non-hydrogen) atoms. The maximum Gasteiger partial charge on any atom is 0.132 e. The molecule has 0 aliphatic heterocycles. The number of nitrogens with zero attached hydrogens (tertiary/aromatic N) is 1. The van der Waals surface area contributed by atoms with Crippen molar-refractivity contribution in [2.75, 3.05) is 0 Å². The van der Waals surface area contributed by atoms with E-state index in [-0.39, 0.29) is 11.4 Å². The molecule has 1 fully saturated rings. The lowest BCUT2D eigenvalue weighted by Crippen LogP contribution is -2.38. The van der Waals surface area contributed by atoms with Crippen molar-refractivity contribution < 1.29 is 4.39 Å². The van der Waals surface area contributed by atoms with Gasteiger partial charge in [0.1, 0.15) is 10.8 Å². The minimum Gasteiger partial charge on any atom is -0.319 e. The van der Waals surface area contributed by atoms with Crippen molar-refractivity contribution >= 4 is 27.3 Å². The largest absolute Gasteiger partial charge is 0.319 e. The number of benzene rings is 1. The van der Waals surface area contributed by atoms with Gasteiger partial charge in [-0.1, -0.05) is 35.2 Å². The predicted molar refractivity (Wildman–Crippen MR) is 84.2 cm³/mol. The molecule has 2 aromatic rings. The summed E-state index contributed by atoms with van der Waals surface area (Å²) in [5, 5.41) is 2.84. The molecule has 2 N–H and O–H groups in total. The fourth-order valence-corrected chi connectivity index (χ4v) is 4.07. The summed E-state index contributed by atoms with van der Waals surface area (Å²) in [6, 6.07) is 4.91. The third-order valence-electron chi connectivity index (χ3n) is 3.88. The monoisotopic (exact) mass is 354 g/mol. The van der Waals surface area contributed by atoms with Crippen LogP contribution in [0.15, 0.2) is 28.1 Å². The van der Waals surface area contributed by atoms with Crippen LogP contribution in [0.2, 0.25) is 0 Å². The lowest BCUT2D eigenvalue weighted by molar-refractivity contribution is 0.301. The minimum atomic E-state index is -0.316. The van der Waals surface area contributed by atoms with Crippen LogP contribution in [0, 0.1) is 5.82 Å². The molecular weight excluding hydrogens is 339 g/mol. The van der Waals surface area contributed by atoms with E-state index in [2.05, 4.69) is 20.9 Å². The van der Waals surface area contributed by atoms with Gasteiger partial charge in [0.05, 0.1) is 11.2 Å². The number of hydrogen-bond acceptors (Lipinski definition) is 3. The van der Waals surface area contributed by atoms with Gasteiger partial charge >= 0.3 is 0 Å². The first-order valence-electron chi connectivity index (χ1n) is 6.79. The zero-order chi connectivity index (χ0) is 14.2. The smallest absolute Gasteiger partial charge is 0.132 e. The van der Waals surface area contributed by atoms with Crippen molar-refractivity contribution in [3.05, 3.63) is 38.9 Å². The van der Waals surface area contributed by atoms with Crippen LogP contribution in [0.1, 0.15) is 37.1 Å². The molecule has 106 valence electrons. The maximum atomic E-state index is 13.9. The SMILES string of the molecule is NC1(c2nc(-c3cc(Br)ccc3F)cs2)CCCCC1. The van der Waals surface area contributed by atoms with Crippen LogP contribution >= 0.6 is 27.3 Å². The molecule has 1 aliphatic carbocycles. The number of aromatic nitrogens is 1. The first-order valence-corrected chi connectivity index (χ1v) is 8.46. The highest BCUT2D eigenvalue weighted by molar-refractivity contribution is 9.10. The Kier molecular flexibility index (Phi) is 3.93. The molecule has 5 heteroatoms. The van der Waals surface area contributed by atoms with E-state index in [9.17, 15) is 4.39 Å². The quantitative estimate of drug-likeness (QED) is 0.838. The van der Waals surface area contributed by atoms with Crippen LogP contribution in [-0.4, -0.2) is 4.98 Å². The van der Waals surface area contributed by atoms with Crippen molar-refractivity contribution in [2.24, 2.45) is 5.73 Å². The predicted octanol–water partition coefficient (Wildman–Crippen LogP) is 4.83. The molecule has 0 atom stereocenters.